The molecule has 0 spiro atoms. The highest BCUT2D eigenvalue weighted by Crippen LogP contribution is 2.21. The summed E-state index contributed by atoms with van der Waals surface area (Å²) in [5.74, 6) is -1.56. The van der Waals surface area contributed by atoms with Crippen molar-refractivity contribution in [1.29, 1.82) is 0 Å². The summed E-state index contributed by atoms with van der Waals surface area (Å²) in [5, 5.41) is 29.7. The van der Waals surface area contributed by atoms with Crippen molar-refractivity contribution >= 4 is 11.9 Å². The lowest BCUT2D eigenvalue weighted by atomic mass is 9.88. The van der Waals surface area contributed by atoms with Crippen molar-refractivity contribution in [2.24, 2.45) is 5.41 Å². The number of amides is 1. The summed E-state index contributed by atoms with van der Waals surface area (Å²) in [7, 11) is 0. The minimum absolute atomic E-state index is 0.204. The van der Waals surface area contributed by atoms with Crippen LogP contribution in [0.3, 0.4) is 0 Å². The third-order valence-corrected chi connectivity index (χ3v) is 2.87. The van der Waals surface area contributed by atoms with Gasteiger partial charge in [-0.3, -0.25) is 9.59 Å². The molecule has 6 heteroatoms. The molecule has 100 valence electrons. The number of nitrogens with one attached hydrogen (secondary N) is 1. The molecule has 0 aromatic heterocycles. The number of carbonyl (C=O) groups is 2. The van der Waals surface area contributed by atoms with Crippen LogP contribution in [0.15, 0.2) is 0 Å². The van der Waals surface area contributed by atoms with E-state index >= 15 is 0 Å². The first-order chi connectivity index (χ1) is 7.73. The van der Waals surface area contributed by atoms with E-state index in [1.165, 1.54) is 13.8 Å². The molecule has 1 amide bonds. The second kappa shape index (κ2) is 5.97. The van der Waals surface area contributed by atoms with Gasteiger partial charge in [-0.1, -0.05) is 6.92 Å². The van der Waals surface area contributed by atoms with E-state index in [9.17, 15) is 9.59 Å². The van der Waals surface area contributed by atoms with Crippen LogP contribution in [0.5, 0.6) is 0 Å². The van der Waals surface area contributed by atoms with Gasteiger partial charge < -0.3 is 20.6 Å². The summed E-state index contributed by atoms with van der Waals surface area (Å²) >= 11 is 0. The summed E-state index contributed by atoms with van der Waals surface area (Å²) < 4.78 is 0. The zero-order chi connectivity index (χ0) is 13.7. The lowest BCUT2D eigenvalue weighted by Gasteiger charge is -2.31. The van der Waals surface area contributed by atoms with Crippen molar-refractivity contribution in [2.45, 2.75) is 39.2 Å². The highest BCUT2D eigenvalue weighted by molar-refractivity contribution is 5.84. The molecule has 0 atom stereocenters. The van der Waals surface area contributed by atoms with E-state index in [2.05, 4.69) is 5.32 Å². The number of carboxylic acids is 1. The fraction of sp³-hybridized carbons (Fsp3) is 0.818. The topological polar surface area (TPSA) is 107 Å². The molecule has 0 aliphatic rings. The average Bonchev–Trinajstić information content (AvgIpc) is 2.25. The van der Waals surface area contributed by atoms with Gasteiger partial charge in [0.05, 0.1) is 24.2 Å². The fourth-order valence-corrected chi connectivity index (χ4v) is 1.26. The molecule has 0 unspecified atom stereocenters. The van der Waals surface area contributed by atoms with Gasteiger partial charge in [0.25, 0.3) is 0 Å². The zero-order valence-corrected chi connectivity index (χ0v) is 10.5. The molecule has 0 saturated carbocycles. The van der Waals surface area contributed by atoms with Gasteiger partial charge in [-0.15, -0.1) is 0 Å². The van der Waals surface area contributed by atoms with Crippen LogP contribution in [0.25, 0.3) is 0 Å². The predicted molar refractivity (Wildman–Crippen MR) is 61.4 cm³/mol. The number of aliphatic hydroxyl groups is 2. The maximum absolute atomic E-state index is 11.7. The van der Waals surface area contributed by atoms with Crippen LogP contribution in [-0.4, -0.2) is 45.9 Å². The highest BCUT2D eigenvalue weighted by atomic mass is 16.4. The molecule has 0 heterocycles. The first-order valence-corrected chi connectivity index (χ1v) is 5.49. The molecule has 0 fully saturated rings. The Labute approximate surface area is 101 Å². The molecule has 17 heavy (non-hydrogen) atoms. The normalized spacial score (nSPS) is 12.3. The fourth-order valence-electron chi connectivity index (χ4n) is 1.26. The van der Waals surface area contributed by atoms with E-state index in [-0.39, 0.29) is 19.6 Å². The number of rotatable bonds is 7. The van der Waals surface area contributed by atoms with Gasteiger partial charge in [-0.05, 0) is 20.3 Å². The van der Waals surface area contributed by atoms with Crippen molar-refractivity contribution < 1.29 is 24.9 Å². The average molecular weight is 247 g/mol. The van der Waals surface area contributed by atoms with E-state index in [0.29, 0.717) is 6.42 Å². The Kier molecular flexibility index (Phi) is 5.57. The standard InChI is InChI=1S/C11H21NO5/c1-4-11(6-13,7-14)12-8(15)5-10(2,3)9(16)17/h13-14H,4-7H2,1-3H3,(H,12,15)(H,16,17). The minimum Gasteiger partial charge on any atom is -0.481 e. The lowest BCUT2D eigenvalue weighted by Crippen LogP contribution is -2.54. The van der Waals surface area contributed by atoms with Crippen molar-refractivity contribution in [3.63, 3.8) is 0 Å². The van der Waals surface area contributed by atoms with Crippen LogP contribution in [0.1, 0.15) is 33.6 Å². The molecule has 0 saturated heterocycles. The third kappa shape index (κ3) is 4.32. The zero-order valence-electron chi connectivity index (χ0n) is 10.5. The van der Waals surface area contributed by atoms with Gasteiger partial charge in [-0.2, -0.15) is 0 Å². The van der Waals surface area contributed by atoms with Crippen LogP contribution < -0.4 is 5.32 Å². The molecule has 0 bridgehead atoms. The maximum Gasteiger partial charge on any atom is 0.309 e. The Morgan fingerprint density at radius 2 is 1.65 bits per heavy atom. The third-order valence-electron chi connectivity index (χ3n) is 2.87. The van der Waals surface area contributed by atoms with E-state index in [0.717, 1.165) is 0 Å². The summed E-state index contributed by atoms with van der Waals surface area (Å²) in [6.45, 7) is 3.83. The molecule has 0 aliphatic heterocycles. The van der Waals surface area contributed by atoms with Crippen molar-refractivity contribution in [3.05, 3.63) is 0 Å². The summed E-state index contributed by atoms with van der Waals surface area (Å²) in [6, 6.07) is 0. The quantitative estimate of drug-likeness (QED) is 0.496. The van der Waals surface area contributed by atoms with Crippen LogP contribution in [0.4, 0.5) is 0 Å². The molecule has 0 aliphatic carbocycles. The Morgan fingerprint density at radius 3 is 1.94 bits per heavy atom. The monoisotopic (exact) mass is 247 g/mol. The van der Waals surface area contributed by atoms with Gasteiger partial charge in [-0.25, -0.2) is 0 Å². The number of carbonyl (C=O) groups excluding carboxylic acids is 1. The number of hydrogen-bond acceptors (Lipinski definition) is 4. The summed E-state index contributed by atoms with van der Waals surface area (Å²) in [6.07, 6.45) is 0.156. The molecular formula is C11H21NO5. The van der Waals surface area contributed by atoms with Gasteiger partial charge in [0.2, 0.25) is 5.91 Å². The van der Waals surface area contributed by atoms with Crippen LogP contribution in [0, 0.1) is 5.41 Å². The van der Waals surface area contributed by atoms with Crippen LogP contribution in [0.2, 0.25) is 0 Å². The SMILES string of the molecule is CCC(CO)(CO)NC(=O)CC(C)(C)C(=O)O. The van der Waals surface area contributed by atoms with Gasteiger partial charge in [0.1, 0.15) is 0 Å². The van der Waals surface area contributed by atoms with Crippen molar-refractivity contribution in [2.75, 3.05) is 13.2 Å². The Hall–Kier alpha value is -1.14. The van der Waals surface area contributed by atoms with Gasteiger partial charge >= 0.3 is 5.97 Å². The molecule has 4 N–H and O–H groups in total. The minimum atomic E-state index is -1.17. The molecular weight excluding hydrogens is 226 g/mol. The summed E-state index contributed by atoms with van der Waals surface area (Å²) in [4.78, 5) is 22.5. The van der Waals surface area contributed by atoms with E-state index in [1.54, 1.807) is 6.92 Å². The van der Waals surface area contributed by atoms with Crippen LogP contribution >= 0.6 is 0 Å². The van der Waals surface area contributed by atoms with Crippen molar-refractivity contribution in [3.8, 4) is 0 Å². The van der Waals surface area contributed by atoms with Gasteiger partial charge in [0.15, 0.2) is 0 Å². The van der Waals surface area contributed by atoms with E-state index in [4.69, 9.17) is 15.3 Å². The Bertz CT molecular complexity index is 275. The first-order valence-electron chi connectivity index (χ1n) is 5.49. The Morgan fingerprint density at radius 1 is 1.18 bits per heavy atom. The number of hydrogen-bond donors (Lipinski definition) is 4. The number of aliphatic hydroxyl groups excluding tert-OH is 2. The molecule has 0 aromatic carbocycles. The molecule has 0 radical (unpaired) electrons. The lowest BCUT2D eigenvalue weighted by molar-refractivity contribution is -0.150. The predicted octanol–water partition coefficient (Wildman–Crippen LogP) is -0.263. The highest BCUT2D eigenvalue weighted by Gasteiger charge is 2.34. The van der Waals surface area contributed by atoms with Crippen molar-refractivity contribution in [1.82, 2.24) is 5.32 Å². The number of carboxylic acid groups (broad SMARTS) is 1. The Balaban J connectivity index is 4.60. The first kappa shape index (κ1) is 15.9. The van der Waals surface area contributed by atoms with Gasteiger partial charge in [0, 0.05) is 6.42 Å². The number of aliphatic carboxylic acids is 1. The molecule has 0 aromatic rings. The van der Waals surface area contributed by atoms with E-state index in [1.807, 2.05) is 0 Å². The summed E-state index contributed by atoms with van der Waals surface area (Å²) in [5.41, 5.74) is -2.25. The van der Waals surface area contributed by atoms with Crippen LogP contribution in [-0.2, 0) is 9.59 Å². The van der Waals surface area contributed by atoms with E-state index < -0.39 is 22.8 Å². The second-order valence-corrected chi connectivity index (χ2v) is 4.86. The smallest absolute Gasteiger partial charge is 0.309 e. The maximum atomic E-state index is 11.7. The second-order valence-electron chi connectivity index (χ2n) is 4.86. The molecule has 0 rings (SSSR count). The molecule has 6 nitrogen and oxygen atoms in total. The largest absolute Gasteiger partial charge is 0.481 e.